The highest BCUT2D eigenvalue weighted by Gasteiger charge is 2.67. The molecule has 2 saturated carbocycles. The van der Waals surface area contributed by atoms with E-state index in [-0.39, 0.29) is 60.1 Å². The third-order valence-electron chi connectivity index (χ3n) is 8.48. The van der Waals surface area contributed by atoms with Crippen LogP contribution >= 0.6 is 0 Å². The lowest BCUT2D eigenvalue weighted by molar-refractivity contribution is -0.139. The molecule has 7 nitrogen and oxygen atoms in total. The summed E-state index contributed by atoms with van der Waals surface area (Å²) in [7, 11) is 0. The Labute approximate surface area is 202 Å². The summed E-state index contributed by atoms with van der Waals surface area (Å²) in [5, 5.41) is 0. The summed E-state index contributed by atoms with van der Waals surface area (Å²) in [4.78, 5) is 55.0. The molecule has 2 aliphatic heterocycles. The van der Waals surface area contributed by atoms with Crippen LogP contribution < -0.4 is 14.5 Å². The summed E-state index contributed by atoms with van der Waals surface area (Å²) in [6.07, 6.45) is 5.49. The Morgan fingerprint density at radius 3 is 2.17 bits per heavy atom. The van der Waals surface area contributed by atoms with Gasteiger partial charge < -0.3 is 9.64 Å². The topological polar surface area (TPSA) is 84.0 Å². The second kappa shape index (κ2) is 7.38. The lowest BCUT2D eigenvalue weighted by Gasteiger charge is -2.37. The Morgan fingerprint density at radius 1 is 0.829 bits per heavy atom. The van der Waals surface area contributed by atoms with E-state index in [1.54, 1.807) is 29.2 Å². The van der Waals surface area contributed by atoms with Gasteiger partial charge in [-0.2, -0.15) is 0 Å². The molecule has 0 unspecified atom stereocenters. The van der Waals surface area contributed by atoms with Crippen molar-refractivity contribution in [2.75, 3.05) is 16.3 Å². The minimum Gasteiger partial charge on any atom is -0.426 e. The average Bonchev–Trinajstić information content (AvgIpc) is 3.55. The van der Waals surface area contributed by atoms with Crippen LogP contribution in [0.3, 0.4) is 0 Å². The van der Waals surface area contributed by atoms with Crippen molar-refractivity contribution >= 4 is 35.1 Å². The number of esters is 1. The highest BCUT2D eigenvalue weighted by atomic mass is 16.5. The number of para-hydroxylation sites is 1. The molecular formula is C28H24N2O5. The van der Waals surface area contributed by atoms with Crippen molar-refractivity contribution in [3.63, 3.8) is 0 Å². The lowest BCUT2D eigenvalue weighted by Crippen LogP contribution is -2.40. The largest absolute Gasteiger partial charge is 0.426 e. The van der Waals surface area contributed by atoms with E-state index in [0.717, 1.165) is 12.1 Å². The highest BCUT2D eigenvalue weighted by molar-refractivity contribution is 6.22. The van der Waals surface area contributed by atoms with Gasteiger partial charge in [-0.1, -0.05) is 36.4 Å². The minimum atomic E-state index is -0.585. The molecule has 3 amide bonds. The number of carbonyl (C=O) groups is 4. The van der Waals surface area contributed by atoms with Gasteiger partial charge in [-0.25, -0.2) is 4.90 Å². The first-order valence-corrected chi connectivity index (χ1v) is 12.2. The first-order chi connectivity index (χ1) is 17.0. The van der Waals surface area contributed by atoms with Gasteiger partial charge in [0.25, 0.3) is 0 Å². The molecule has 0 aromatic heterocycles. The number of benzene rings is 2. The summed E-state index contributed by atoms with van der Waals surface area (Å²) in [6.45, 7) is 0.256. The van der Waals surface area contributed by atoms with E-state index >= 15 is 0 Å². The molecule has 2 heterocycles. The van der Waals surface area contributed by atoms with Crippen molar-refractivity contribution in [2.24, 2.45) is 41.4 Å². The zero-order valence-electron chi connectivity index (χ0n) is 18.9. The SMILES string of the molecule is O=C(Oc1cccc(N2C(=O)[C@@H]3[C@H]4C=C[C@@H]([C@@H]5C[C@H]45)[C@@H]3C2=O)c1)[C@H]1CC(=O)N(c2ccccc2)C1. The summed E-state index contributed by atoms with van der Waals surface area (Å²) >= 11 is 0. The second-order valence-electron chi connectivity index (χ2n) is 10.3. The number of allylic oxidation sites excluding steroid dienone is 2. The highest BCUT2D eigenvalue weighted by Crippen LogP contribution is 2.65. The third kappa shape index (κ3) is 3.03. The molecule has 8 rings (SSSR count). The molecule has 2 aromatic rings. The van der Waals surface area contributed by atoms with Gasteiger partial charge in [0.2, 0.25) is 17.7 Å². The molecule has 7 atom stereocenters. The molecule has 0 spiro atoms. The van der Waals surface area contributed by atoms with Gasteiger partial charge in [0.05, 0.1) is 23.4 Å². The predicted octanol–water partition coefficient (Wildman–Crippen LogP) is 3.20. The lowest BCUT2D eigenvalue weighted by atomic mass is 9.63. The van der Waals surface area contributed by atoms with Gasteiger partial charge in [0.15, 0.2) is 0 Å². The normalized spacial score (nSPS) is 34.3. The molecule has 4 aliphatic carbocycles. The van der Waals surface area contributed by atoms with Crippen LogP contribution in [-0.2, 0) is 19.2 Å². The Hall–Kier alpha value is -3.74. The van der Waals surface area contributed by atoms with Crippen molar-refractivity contribution in [1.82, 2.24) is 0 Å². The van der Waals surface area contributed by atoms with Crippen molar-refractivity contribution < 1.29 is 23.9 Å². The second-order valence-corrected chi connectivity index (χ2v) is 10.3. The summed E-state index contributed by atoms with van der Waals surface area (Å²) in [6, 6.07) is 15.8. The summed E-state index contributed by atoms with van der Waals surface area (Å²) in [5.41, 5.74) is 1.18. The molecule has 2 bridgehead atoms. The van der Waals surface area contributed by atoms with Crippen molar-refractivity contribution in [3.05, 3.63) is 66.7 Å². The first-order valence-electron chi connectivity index (χ1n) is 12.2. The van der Waals surface area contributed by atoms with Crippen molar-refractivity contribution in [2.45, 2.75) is 12.8 Å². The average molecular weight is 469 g/mol. The monoisotopic (exact) mass is 468 g/mol. The van der Waals surface area contributed by atoms with Crippen LogP contribution in [0.15, 0.2) is 66.7 Å². The number of nitrogens with zero attached hydrogens (tertiary/aromatic N) is 2. The smallest absolute Gasteiger partial charge is 0.316 e. The first kappa shape index (κ1) is 20.6. The fraction of sp³-hybridized carbons (Fsp3) is 0.357. The maximum atomic E-state index is 13.4. The van der Waals surface area contributed by atoms with E-state index in [9.17, 15) is 19.2 Å². The van der Waals surface area contributed by atoms with Crippen LogP contribution in [0.25, 0.3) is 0 Å². The van der Waals surface area contributed by atoms with Gasteiger partial charge in [-0.3, -0.25) is 19.2 Å². The Balaban J connectivity index is 1.08. The van der Waals surface area contributed by atoms with Gasteiger partial charge >= 0.3 is 5.97 Å². The third-order valence-corrected chi connectivity index (χ3v) is 8.48. The maximum absolute atomic E-state index is 13.4. The fourth-order valence-corrected chi connectivity index (χ4v) is 6.82. The molecule has 6 aliphatic rings. The van der Waals surface area contributed by atoms with Crippen LogP contribution in [0.4, 0.5) is 11.4 Å². The van der Waals surface area contributed by atoms with Gasteiger partial charge in [0.1, 0.15) is 5.75 Å². The molecule has 0 N–H and O–H groups in total. The standard InChI is InChI=1S/C28H24N2O5/c31-23-11-15(14-29(23)16-5-2-1-3-6-16)28(34)35-18-8-4-7-17(12-18)30-26(32)24-19-9-10-20(22-13-21(19)22)25(24)27(30)33/h1-10,12,15,19-22,24-25H,11,13-14H2/t15-,19-,20-,21-,22+,24-,25+/m0/s1. The molecular weight excluding hydrogens is 444 g/mol. The van der Waals surface area contributed by atoms with Crippen LogP contribution in [0.5, 0.6) is 5.75 Å². The minimum absolute atomic E-state index is 0.0813. The van der Waals surface area contributed by atoms with E-state index in [1.807, 2.05) is 30.3 Å². The van der Waals surface area contributed by atoms with E-state index < -0.39 is 11.9 Å². The maximum Gasteiger partial charge on any atom is 0.316 e. The summed E-state index contributed by atoms with van der Waals surface area (Å²) in [5.74, 6) is -0.388. The number of ether oxygens (including phenoxy) is 1. The molecule has 2 saturated heterocycles. The van der Waals surface area contributed by atoms with Crippen molar-refractivity contribution in [3.8, 4) is 5.75 Å². The van der Waals surface area contributed by atoms with E-state index in [0.29, 0.717) is 17.5 Å². The fourth-order valence-electron chi connectivity index (χ4n) is 6.82. The van der Waals surface area contributed by atoms with Crippen LogP contribution in [0.2, 0.25) is 0 Å². The van der Waals surface area contributed by atoms with Gasteiger partial charge in [0, 0.05) is 24.7 Å². The van der Waals surface area contributed by atoms with Crippen LogP contribution in [0.1, 0.15) is 12.8 Å². The molecule has 4 fully saturated rings. The number of hydrogen-bond acceptors (Lipinski definition) is 5. The summed E-state index contributed by atoms with van der Waals surface area (Å²) < 4.78 is 5.62. The van der Waals surface area contributed by atoms with Gasteiger partial charge in [-0.15, -0.1) is 0 Å². The van der Waals surface area contributed by atoms with E-state index in [2.05, 4.69) is 12.2 Å². The van der Waals surface area contributed by atoms with Crippen LogP contribution in [-0.4, -0.2) is 30.2 Å². The zero-order chi connectivity index (χ0) is 23.8. The van der Waals surface area contributed by atoms with E-state index in [4.69, 9.17) is 4.74 Å². The predicted molar refractivity (Wildman–Crippen MR) is 126 cm³/mol. The van der Waals surface area contributed by atoms with Gasteiger partial charge in [-0.05, 0) is 54.4 Å². The zero-order valence-corrected chi connectivity index (χ0v) is 18.9. The molecule has 35 heavy (non-hydrogen) atoms. The quantitative estimate of drug-likeness (QED) is 0.298. The molecule has 7 heteroatoms. The van der Waals surface area contributed by atoms with E-state index in [1.165, 1.54) is 4.90 Å². The number of anilines is 2. The Morgan fingerprint density at radius 2 is 1.49 bits per heavy atom. The molecule has 176 valence electrons. The number of rotatable bonds is 4. The molecule has 2 aromatic carbocycles. The van der Waals surface area contributed by atoms with Crippen LogP contribution in [0, 0.1) is 41.4 Å². The van der Waals surface area contributed by atoms with Crippen molar-refractivity contribution in [1.29, 1.82) is 0 Å². The number of imide groups is 1. The number of hydrogen-bond donors (Lipinski definition) is 0. The molecule has 0 radical (unpaired) electrons. The Bertz CT molecular complexity index is 1270. The number of carbonyl (C=O) groups excluding carboxylic acids is 4. The number of amides is 3. The Kier molecular flexibility index (Phi) is 4.35.